The van der Waals surface area contributed by atoms with E-state index in [1.165, 1.54) is 30.5 Å². The standard InChI is InChI=1S/C25H22F5N3O4S/c1-37-23(34)24-12-15(13-31)22(32-18-4-2-17(26)3-5-18)10-16(24)8-9-33(14-24)38(35,36)19-6-7-21(27)20(11-19)25(28,29)30/h2-7,10-11,13H,8-9,12,14,31H2,1H3. The van der Waals surface area contributed by atoms with E-state index in [-0.39, 0.29) is 25.5 Å². The molecule has 0 amide bonds. The molecule has 1 fully saturated rings. The molecule has 0 aromatic heterocycles. The maximum absolute atomic E-state index is 13.8. The van der Waals surface area contributed by atoms with Crippen LogP contribution in [0.4, 0.5) is 27.6 Å². The fourth-order valence-electron chi connectivity index (χ4n) is 4.62. The molecule has 0 saturated carbocycles. The van der Waals surface area contributed by atoms with E-state index in [1.807, 2.05) is 0 Å². The Balaban J connectivity index is 1.76. The number of esters is 1. The molecule has 2 aliphatic rings. The first-order chi connectivity index (χ1) is 17.8. The summed E-state index contributed by atoms with van der Waals surface area (Å²) in [5.41, 5.74) is 4.25. The second-order valence-electron chi connectivity index (χ2n) is 8.81. The summed E-state index contributed by atoms with van der Waals surface area (Å²) >= 11 is 0. The van der Waals surface area contributed by atoms with Crippen molar-refractivity contribution in [2.45, 2.75) is 23.9 Å². The molecule has 1 aliphatic heterocycles. The van der Waals surface area contributed by atoms with E-state index >= 15 is 0 Å². The predicted octanol–water partition coefficient (Wildman–Crippen LogP) is 4.48. The van der Waals surface area contributed by atoms with Gasteiger partial charge in [0.2, 0.25) is 10.0 Å². The summed E-state index contributed by atoms with van der Waals surface area (Å²) in [5.74, 6) is -2.82. The van der Waals surface area contributed by atoms with Crippen molar-refractivity contribution in [3.63, 3.8) is 0 Å². The molecule has 2 aromatic rings. The molecule has 202 valence electrons. The monoisotopic (exact) mass is 555 g/mol. The van der Waals surface area contributed by atoms with Crippen molar-refractivity contribution in [2.24, 2.45) is 16.1 Å². The number of carbonyl (C=O) groups is 1. The van der Waals surface area contributed by atoms with E-state index in [1.54, 1.807) is 6.08 Å². The van der Waals surface area contributed by atoms with Crippen LogP contribution >= 0.6 is 0 Å². The van der Waals surface area contributed by atoms with Crippen LogP contribution in [0.1, 0.15) is 18.4 Å². The molecule has 0 spiro atoms. The first-order valence-electron chi connectivity index (χ1n) is 11.2. The number of benzene rings is 2. The number of alkyl halides is 3. The molecular weight excluding hydrogens is 533 g/mol. The highest BCUT2D eigenvalue weighted by molar-refractivity contribution is 7.89. The largest absolute Gasteiger partial charge is 0.468 e. The molecule has 2 N–H and O–H groups in total. The quantitative estimate of drug-likeness (QED) is 0.443. The van der Waals surface area contributed by atoms with Gasteiger partial charge in [0.25, 0.3) is 0 Å². The minimum atomic E-state index is -5.11. The second-order valence-corrected chi connectivity index (χ2v) is 10.8. The van der Waals surface area contributed by atoms with E-state index in [4.69, 9.17) is 10.5 Å². The van der Waals surface area contributed by atoms with E-state index in [0.717, 1.165) is 17.5 Å². The van der Waals surface area contributed by atoms with Crippen molar-refractivity contribution in [1.82, 2.24) is 4.31 Å². The van der Waals surface area contributed by atoms with Gasteiger partial charge in [-0.15, -0.1) is 0 Å². The summed E-state index contributed by atoms with van der Waals surface area (Å²) in [5, 5.41) is 0. The minimum absolute atomic E-state index is 0.0297. The van der Waals surface area contributed by atoms with E-state index in [2.05, 4.69) is 4.99 Å². The van der Waals surface area contributed by atoms with Gasteiger partial charge in [-0.05, 0) is 78.7 Å². The number of halogens is 5. The van der Waals surface area contributed by atoms with Gasteiger partial charge in [-0.2, -0.15) is 17.5 Å². The van der Waals surface area contributed by atoms with Crippen LogP contribution in [0.2, 0.25) is 0 Å². The van der Waals surface area contributed by atoms with Crippen LogP contribution < -0.4 is 5.73 Å². The number of methoxy groups -OCH3 is 1. The zero-order valence-electron chi connectivity index (χ0n) is 19.9. The molecule has 1 aliphatic carbocycles. The lowest BCUT2D eigenvalue weighted by Gasteiger charge is -2.44. The number of sulfonamides is 1. The third kappa shape index (κ3) is 4.95. The van der Waals surface area contributed by atoms with E-state index in [9.17, 15) is 35.2 Å². The Labute approximate surface area is 215 Å². The van der Waals surface area contributed by atoms with E-state index < -0.39 is 56.2 Å². The lowest BCUT2D eigenvalue weighted by Crippen LogP contribution is -2.53. The lowest BCUT2D eigenvalue weighted by molar-refractivity contribution is -0.151. The maximum Gasteiger partial charge on any atom is 0.419 e. The highest BCUT2D eigenvalue weighted by Crippen LogP contribution is 2.46. The molecule has 7 nitrogen and oxygen atoms in total. The van der Waals surface area contributed by atoms with Gasteiger partial charge in [0.1, 0.15) is 17.0 Å². The second kappa shape index (κ2) is 9.95. The Morgan fingerprint density at radius 1 is 1.16 bits per heavy atom. The normalized spacial score (nSPS) is 22.7. The van der Waals surface area contributed by atoms with Crippen molar-refractivity contribution >= 4 is 27.4 Å². The molecule has 1 saturated heterocycles. The molecule has 1 atom stereocenters. The number of fused-ring (bicyclic) bond motifs is 1. The van der Waals surface area contributed by atoms with Crippen LogP contribution in [0.5, 0.6) is 0 Å². The maximum atomic E-state index is 13.8. The molecule has 0 radical (unpaired) electrons. The SMILES string of the molecule is COC(=O)C12CC(=CN)C(=Nc3ccc(F)cc3)C=C1CCN(S(=O)(=O)c1ccc(F)c(C(F)(F)F)c1)C2. The molecule has 4 rings (SSSR count). The Morgan fingerprint density at radius 2 is 1.84 bits per heavy atom. The predicted molar refractivity (Wildman–Crippen MR) is 128 cm³/mol. The van der Waals surface area contributed by atoms with Crippen LogP contribution in [0.3, 0.4) is 0 Å². The van der Waals surface area contributed by atoms with Gasteiger partial charge >= 0.3 is 12.1 Å². The van der Waals surface area contributed by atoms with Crippen LogP contribution in [0, 0.1) is 17.0 Å². The van der Waals surface area contributed by atoms with Crippen LogP contribution in [0.15, 0.2) is 75.8 Å². The Hall–Kier alpha value is -3.58. The van der Waals surface area contributed by atoms with Gasteiger partial charge in [-0.3, -0.25) is 4.79 Å². The first-order valence-corrected chi connectivity index (χ1v) is 12.7. The number of ether oxygens (including phenoxy) is 1. The summed E-state index contributed by atoms with van der Waals surface area (Å²) in [7, 11) is -3.44. The number of piperidine rings is 1. The lowest BCUT2D eigenvalue weighted by atomic mass is 9.67. The number of nitrogens with zero attached hydrogens (tertiary/aromatic N) is 2. The van der Waals surface area contributed by atoms with Gasteiger partial charge in [0, 0.05) is 13.1 Å². The number of nitrogens with two attached hydrogens (primary N) is 1. The van der Waals surface area contributed by atoms with E-state index in [0.29, 0.717) is 28.6 Å². The zero-order valence-corrected chi connectivity index (χ0v) is 20.7. The van der Waals surface area contributed by atoms with Crippen molar-refractivity contribution in [3.05, 3.63) is 83.1 Å². The van der Waals surface area contributed by atoms with Crippen LogP contribution in [0.25, 0.3) is 0 Å². The third-order valence-corrected chi connectivity index (χ3v) is 8.40. The molecule has 38 heavy (non-hydrogen) atoms. The van der Waals surface area contributed by atoms with Gasteiger partial charge in [0.15, 0.2) is 0 Å². The molecule has 1 heterocycles. The van der Waals surface area contributed by atoms with Gasteiger partial charge in [-0.25, -0.2) is 22.2 Å². The van der Waals surface area contributed by atoms with Gasteiger partial charge < -0.3 is 10.5 Å². The highest BCUT2D eigenvalue weighted by atomic mass is 32.2. The first kappa shape index (κ1) is 27.5. The molecular formula is C25H22F5N3O4S. The minimum Gasteiger partial charge on any atom is -0.468 e. The summed E-state index contributed by atoms with van der Waals surface area (Å²) in [6, 6.07) is 6.77. The van der Waals surface area contributed by atoms with Crippen molar-refractivity contribution in [2.75, 3.05) is 20.2 Å². The van der Waals surface area contributed by atoms with Gasteiger partial charge in [0.05, 0.1) is 29.0 Å². The summed E-state index contributed by atoms with van der Waals surface area (Å²) in [6.45, 7) is -0.620. The molecule has 0 bridgehead atoms. The average Bonchev–Trinajstić information content (AvgIpc) is 2.88. The van der Waals surface area contributed by atoms with Gasteiger partial charge in [-0.1, -0.05) is 0 Å². The topological polar surface area (TPSA) is 102 Å². The fourth-order valence-corrected chi connectivity index (χ4v) is 6.15. The summed E-state index contributed by atoms with van der Waals surface area (Å²) in [4.78, 5) is 16.8. The van der Waals surface area contributed by atoms with Crippen molar-refractivity contribution in [3.8, 4) is 0 Å². The molecule has 13 heteroatoms. The summed E-state index contributed by atoms with van der Waals surface area (Å²) in [6.07, 6.45) is -2.38. The number of carbonyl (C=O) groups excluding carboxylic acids is 1. The number of rotatable bonds is 4. The number of hydrogen-bond acceptors (Lipinski definition) is 6. The molecule has 2 aromatic carbocycles. The summed E-state index contributed by atoms with van der Waals surface area (Å²) < 4.78 is 99.3. The Bertz CT molecular complexity index is 1470. The average molecular weight is 556 g/mol. The highest BCUT2D eigenvalue weighted by Gasteiger charge is 2.52. The third-order valence-electron chi connectivity index (χ3n) is 6.56. The van der Waals surface area contributed by atoms with Crippen molar-refractivity contribution in [1.29, 1.82) is 0 Å². The van der Waals surface area contributed by atoms with Crippen LogP contribution in [-0.4, -0.2) is 44.6 Å². The Morgan fingerprint density at radius 3 is 2.45 bits per heavy atom. The Kier molecular flexibility index (Phi) is 7.19. The number of allylic oxidation sites excluding steroid dienone is 2. The number of hydrogen-bond donors (Lipinski definition) is 1. The molecule has 1 unspecified atom stereocenters. The smallest absolute Gasteiger partial charge is 0.419 e. The number of aliphatic imine (C=N–C) groups is 1. The zero-order chi connectivity index (χ0) is 27.9. The fraction of sp³-hybridized carbons (Fsp3) is 0.280. The van der Waals surface area contributed by atoms with Crippen LogP contribution in [-0.2, 0) is 25.7 Å². The van der Waals surface area contributed by atoms with Crippen molar-refractivity contribution < 1.29 is 39.9 Å².